The first kappa shape index (κ1) is 18.9. The lowest BCUT2D eigenvalue weighted by atomic mass is 10.1. The number of hydrogen-bond donors (Lipinski definition) is 2. The predicted octanol–water partition coefficient (Wildman–Crippen LogP) is 5.81. The monoisotopic (exact) mass is 433 g/mol. The summed E-state index contributed by atoms with van der Waals surface area (Å²) in [4.78, 5) is 10.6. The molecule has 2 aromatic carbocycles. The summed E-state index contributed by atoms with van der Waals surface area (Å²) in [5.74, 6) is 1.22. The quantitative estimate of drug-likeness (QED) is 0.367. The Morgan fingerprint density at radius 2 is 2.03 bits per heavy atom. The number of fused-ring (bicyclic) bond motifs is 3. The molecule has 5 aromatic rings. The SMILES string of the molecule is Cc1cccc(Cl)c1-c1ncc2c(N)nc3cc(NCCc4cccs4)ccc3n12. The van der Waals surface area contributed by atoms with Gasteiger partial charge in [0.1, 0.15) is 17.2 Å². The first-order valence-corrected chi connectivity index (χ1v) is 11.0. The first-order chi connectivity index (χ1) is 14.6. The summed E-state index contributed by atoms with van der Waals surface area (Å²) >= 11 is 8.30. The third-order valence-corrected chi connectivity index (χ3v) is 6.46. The number of nitrogen functional groups attached to an aromatic ring is 1. The largest absolute Gasteiger partial charge is 0.385 e. The van der Waals surface area contributed by atoms with Crippen LogP contribution >= 0.6 is 22.9 Å². The van der Waals surface area contributed by atoms with Crippen molar-refractivity contribution in [3.63, 3.8) is 0 Å². The van der Waals surface area contributed by atoms with Crippen molar-refractivity contribution < 1.29 is 0 Å². The summed E-state index contributed by atoms with van der Waals surface area (Å²) in [6, 6.07) is 16.2. The van der Waals surface area contributed by atoms with Crippen molar-refractivity contribution in [3.8, 4) is 11.4 Å². The number of benzene rings is 2. The molecular weight excluding hydrogens is 414 g/mol. The van der Waals surface area contributed by atoms with Gasteiger partial charge in [0, 0.05) is 22.7 Å². The molecule has 3 heterocycles. The predicted molar refractivity (Wildman–Crippen MR) is 127 cm³/mol. The number of thiophene rings is 1. The zero-order valence-corrected chi connectivity index (χ0v) is 18.0. The lowest BCUT2D eigenvalue weighted by Gasteiger charge is -2.12. The van der Waals surface area contributed by atoms with E-state index in [4.69, 9.17) is 17.3 Å². The van der Waals surface area contributed by atoms with Crippen LogP contribution in [0.25, 0.3) is 27.9 Å². The summed E-state index contributed by atoms with van der Waals surface area (Å²) in [6.45, 7) is 2.89. The number of nitrogens with one attached hydrogen (secondary N) is 1. The van der Waals surface area contributed by atoms with Crippen LogP contribution in [-0.4, -0.2) is 20.9 Å². The van der Waals surface area contributed by atoms with Gasteiger partial charge in [-0.2, -0.15) is 0 Å². The van der Waals surface area contributed by atoms with Gasteiger partial charge in [0.05, 0.1) is 22.3 Å². The number of aromatic nitrogens is 3. The maximum absolute atomic E-state index is 6.53. The molecule has 0 radical (unpaired) electrons. The van der Waals surface area contributed by atoms with Crippen LogP contribution in [0.4, 0.5) is 11.5 Å². The maximum atomic E-state index is 6.53. The first-order valence-electron chi connectivity index (χ1n) is 9.70. The van der Waals surface area contributed by atoms with Gasteiger partial charge in [-0.05, 0) is 54.6 Å². The second-order valence-electron chi connectivity index (χ2n) is 7.19. The third kappa shape index (κ3) is 3.28. The van der Waals surface area contributed by atoms with Crippen LogP contribution in [0.15, 0.2) is 60.1 Å². The van der Waals surface area contributed by atoms with Crippen molar-refractivity contribution in [1.29, 1.82) is 0 Å². The normalized spacial score (nSPS) is 11.4. The summed E-state index contributed by atoms with van der Waals surface area (Å²) in [7, 11) is 0. The van der Waals surface area contributed by atoms with E-state index in [0.29, 0.717) is 10.8 Å². The van der Waals surface area contributed by atoms with Crippen LogP contribution in [0.3, 0.4) is 0 Å². The highest BCUT2D eigenvalue weighted by Gasteiger charge is 2.17. The molecule has 3 aromatic heterocycles. The van der Waals surface area contributed by atoms with E-state index in [1.165, 1.54) is 4.88 Å². The average Bonchev–Trinajstić information content (AvgIpc) is 3.39. The molecule has 150 valence electrons. The zero-order valence-electron chi connectivity index (χ0n) is 16.4. The van der Waals surface area contributed by atoms with Crippen LogP contribution < -0.4 is 11.1 Å². The Bertz CT molecular complexity index is 1340. The summed E-state index contributed by atoms with van der Waals surface area (Å²) < 4.78 is 2.04. The second kappa shape index (κ2) is 7.63. The highest BCUT2D eigenvalue weighted by atomic mass is 35.5. The van der Waals surface area contributed by atoms with E-state index < -0.39 is 0 Å². The number of nitrogens with two attached hydrogens (primary N) is 1. The summed E-state index contributed by atoms with van der Waals surface area (Å²) in [5.41, 5.74) is 11.8. The van der Waals surface area contributed by atoms with Gasteiger partial charge in [0.2, 0.25) is 0 Å². The van der Waals surface area contributed by atoms with Gasteiger partial charge in [-0.25, -0.2) is 9.97 Å². The zero-order chi connectivity index (χ0) is 20.7. The Morgan fingerprint density at radius 3 is 2.83 bits per heavy atom. The Hall–Kier alpha value is -3.09. The van der Waals surface area contributed by atoms with Crippen LogP contribution in [0.2, 0.25) is 5.02 Å². The lowest BCUT2D eigenvalue weighted by molar-refractivity contribution is 1.04. The van der Waals surface area contributed by atoms with E-state index in [1.54, 1.807) is 17.5 Å². The van der Waals surface area contributed by atoms with Crippen LogP contribution in [0.1, 0.15) is 10.4 Å². The smallest absolute Gasteiger partial charge is 0.150 e. The second-order valence-corrected chi connectivity index (χ2v) is 8.63. The van der Waals surface area contributed by atoms with Crippen molar-refractivity contribution in [1.82, 2.24) is 14.4 Å². The molecule has 5 nitrogen and oxygen atoms in total. The Balaban J connectivity index is 1.58. The van der Waals surface area contributed by atoms with Crippen LogP contribution in [-0.2, 0) is 6.42 Å². The molecule has 0 spiro atoms. The van der Waals surface area contributed by atoms with Crippen molar-refractivity contribution in [2.75, 3.05) is 17.6 Å². The molecule has 0 amide bonds. The number of anilines is 2. The van der Waals surface area contributed by atoms with Crippen LogP contribution in [0, 0.1) is 6.92 Å². The Morgan fingerprint density at radius 1 is 1.13 bits per heavy atom. The lowest BCUT2D eigenvalue weighted by Crippen LogP contribution is -2.05. The van der Waals surface area contributed by atoms with Gasteiger partial charge in [0.25, 0.3) is 0 Å². The molecule has 0 saturated heterocycles. The molecule has 7 heteroatoms. The molecule has 0 fully saturated rings. The number of aryl methyl sites for hydroxylation is 1. The maximum Gasteiger partial charge on any atom is 0.150 e. The number of halogens is 1. The van der Waals surface area contributed by atoms with Gasteiger partial charge in [-0.15, -0.1) is 11.3 Å². The molecule has 0 aliphatic heterocycles. The van der Waals surface area contributed by atoms with Gasteiger partial charge < -0.3 is 11.1 Å². The molecule has 0 aliphatic carbocycles. The average molecular weight is 434 g/mol. The minimum Gasteiger partial charge on any atom is -0.385 e. The molecule has 0 atom stereocenters. The number of imidazole rings is 1. The highest BCUT2D eigenvalue weighted by Crippen LogP contribution is 2.34. The fourth-order valence-electron chi connectivity index (χ4n) is 3.75. The summed E-state index contributed by atoms with van der Waals surface area (Å²) in [6.07, 6.45) is 2.74. The summed E-state index contributed by atoms with van der Waals surface area (Å²) in [5, 5.41) is 6.25. The van der Waals surface area contributed by atoms with Gasteiger partial charge in [0.15, 0.2) is 0 Å². The fraction of sp³-hybridized carbons (Fsp3) is 0.130. The minimum atomic E-state index is 0.446. The molecule has 0 bridgehead atoms. The topological polar surface area (TPSA) is 68.2 Å². The van der Waals surface area contributed by atoms with Crippen molar-refractivity contribution in [2.24, 2.45) is 0 Å². The van der Waals surface area contributed by atoms with E-state index in [1.807, 2.05) is 35.6 Å². The molecule has 5 rings (SSSR count). The van der Waals surface area contributed by atoms with Gasteiger partial charge in [-0.1, -0.05) is 29.8 Å². The van der Waals surface area contributed by atoms with E-state index in [-0.39, 0.29) is 0 Å². The Labute approximate surface area is 183 Å². The number of hydrogen-bond acceptors (Lipinski definition) is 5. The molecule has 3 N–H and O–H groups in total. The van der Waals surface area contributed by atoms with Crippen LogP contribution in [0.5, 0.6) is 0 Å². The van der Waals surface area contributed by atoms with Gasteiger partial charge in [-0.3, -0.25) is 4.40 Å². The van der Waals surface area contributed by atoms with E-state index in [2.05, 4.69) is 44.9 Å². The van der Waals surface area contributed by atoms with Crippen molar-refractivity contribution >= 4 is 51.0 Å². The van der Waals surface area contributed by atoms with E-state index in [9.17, 15) is 0 Å². The molecule has 30 heavy (non-hydrogen) atoms. The third-order valence-electron chi connectivity index (χ3n) is 5.21. The van der Waals surface area contributed by atoms with Crippen molar-refractivity contribution in [3.05, 3.63) is 75.6 Å². The minimum absolute atomic E-state index is 0.446. The van der Waals surface area contributed by atoms with E-state index in [0.717, 1.165) is 52.2 Å². The molecule has 0 unspecified atom stereocenters. The number of nitrogens with zero attached hydrogens (tertiary/aromatic N) is 3. The molecular formula is C23H20ClN5S. The fourth-order valence-corrected chi connectivity index (χ4v) is 4.77. The van der Waals surface area contributed by atoms with E-state index >= 15 is 0 Å². The highest BCUT2D eigenvalue weighted by molar-refractivity contribution is 7.09. The van der Waals surface area contributed by atoms with Gasteiger partial charge >= 0.3 is 0 Å². The molecule has 0 saturated carbocycles. The number of rotatable bonds is 5. The molecule has 0 aliphatic rings. The van der Waals surface area contributed by atoms with Crippen molar-refractivity contribution in [2.45, 2.75) is 13.3 Å². The Kier molecular flexibility index (Phi) is 4.81. The standard InChI is InChI=1S/C23H20ClN5S/c1-14-4-2-6-17(24)21(14)23-27-13-20-22(25)28-18-12-15(7-8-19(18)29(20)23)26-10-9-16-5-3-11-30-16/h2-8,11-13,26H,9-10H2,1H3,(H2,25,28).